The van der Waals surface area contributed by atoms with E-state index >= 15 is 0 Å². The van der Waals surface area contributed by atoms with Gasteiger partial charge in [0.25, 0.3) is 0 Å². The van der Waals surface area contributed by atoms with Crippen LogP contribution in [0.15, 0.2) is 133 Å². The first kappa shape index (κ1) is 29.1. The predicted molar refractivity (Wildman–Crippen MR) is 160 cm³/mol. The fourth-order valence-corrected chi connectivity index (χ4v) is 13.0. The van der Waals surface area contributed by atoms with Gasteiger partial charge in [0.05, 0.1) is 0 Å². The van der Waals surface area contributed by atoms with E-state index in [0.717, 1.165) is 12.1 Å². The molecule has 0 aliphatic heterocycles. The molecule has 8 heteroatoms. The fourth-order valence-electron chi connectivity index (χ4n) is 5.38. The molecular weight excluding hydrogens is 621 g/mol. The van der Waals surface area contributed by atoms with Gasteiger partial charge in [-0.3, -0.25) is 0 Å². The third-order valence-corrected chi connectivity index (χ3v) is 16.8. The van der Waals surface area contributed by atoms with Crippen molar-refractivity contribution in [3.8, 4) is 11.1 Å². The molecule has 0 heterocycles. The average molecular weight is 645 g/mol. The second-order valence-electron chi connectivity index (χ2n) is 9.76. The van der Waals surface area contributed by atoms with Crippen LogP contribution in [0.25, 0.3) is 11.1 Å². The first-order valence-corrected chi connectivity index (χ1v) is 17.1. The Morgan fingerprint density at radius 1 is 0.463 bits per heavy atom. The van der Waals surface area contributed by atoms with Gasteiger partial charge in [0.15, 0.2) is 0 Å². The zero-order valence-electron chi connectivity index (χ0n) is 21.5. The monoisotopic (exact) mass is 644 g/mol. The Labute approximate surface area is 242 Å². The van der Waals surface area contributed by atoms with Crippen LogP contribution in [-0.4, -0.2) is 0 Å². The molecule has 5 aromatic rings. The molecule has 0 spiro atoms. The van der Waals surface area contributed by atoms with E-state index in [2.05, 4.69) is 15.5 Å². The molecule has 5 rings (SSSR count). The van der Waals surface area contributed by atoms with Crippen LogP contribution in [0.4, 0.5) is 26.3 Å². The molecular formula is C33H24BrF6P. The van der Waals surface area contributed by atoms with Gasteiger partial charge < -0.3 is 0 Å². The molecule has 0 radical (unpaired) electrons. The zero-order valence-corrected chi connectivity index (χ0v) is 24.0. The summed E-state index contributed by atoms with van der Waals surface area (Å²) in [6.07, 6.45) is -10.7. The van der Waals surface area contributed by atoms with Gasteiger partial charge in [0.1, 0.15) is 0 Å². The third-order valence-electron chi connectivity index (χ3n) is 7.31. The van der Waals surface area contributed by atoms with Crippen LogP contribution in [0.2, 0.25) is 0 Å². The number of halogens is 7. The van der Waals surface area contributed by atoms with Gasteiger partial charge in [-0.25, -0.2) is 0 Å². The van der Waals surface area contributed by atoms with Gasteiger partial charge >= 0.3 is 243 Å². The Balaban J connectivity index is 1.93. The van der Waals surface area contributed by atoms with Crippen molar-refractivity contribution in [1.82, 2.24) is 0 Å². The Hall–Kier alpha value is -3.41. The van der Waals surface area contributed by atoms with E-state index in [-0.39, 0.29) is 11.1 Å². The van der Waals surface area contributed by atoms with Crippen LogP contribution in [0.1, 0.15) is 16.7 Å². The quantitative estimate of drug-likeness (QED) is 0.128. The summed E-state index contributed by atoms with van der Waals surface area (Å²) in [5.74, 6) is 0. The van der Waals surface area contributed by atoms with Crippen molar-refractivity contribution in [3.63, 3.8) is 0 Å². The SMILES string of the molecule is FC(F)(F)c1cc(-c2ccccc2)cc(C(F)(F)F)c1CP(Br)(c1ccccc1)(c1ccccc1)c1ccccc1. The molecule has 0 saturated heterocycles. The van der Waals surface area contributed by atoms with Crippen LogP contribution in [-0.2, 0) is 18.5 Å². The summed E-state index contributed by atoms with van der Waals surface area (Å²) in [6.45, 7) is 0. The van der Waals surface area contributed by atoms with Crippen molar-refractivity contribution in [2.75, 3.05) is 0 Å². The van der Waals surface area contributed by atoms with Crippen molar-refractivity contribution < 1.29 is 26.3 Å². The van der Waals surface area contributed by atoms with Crippen molar-refractivity contribution in [2.24, 2.45) is 0 Å². The van der Waals surface area contributed by atoms with Crippen molar-refractivity contribution >= 4 is 36.7 Å². The summed E-state index contributed by atoms with van der Waals surface area (Å²) in [6, 6.07) is 35.9. The standard InChI is InChI=1S/C33H24BrF6P/c34-41(26-15-7-2-8-16-26,27-17-9-3-10-18-27,28-19-11-4-12-20-28)23-29-30(32(35,36)37)21-25(22-31(29)33(38,39)40)24-13-5-1-6-14-24/h1-22H,23H2. The first-order valence-electron chi connectivity index (χ1n) is 12.7. The summed E-state index contributed by atoms with van der Waals surface area (Å²) in [7, 11) is 0. The third kappa shape index (κ3) is 5.33. The number of hydrogen-bond acceptors (Lipinski definition) is 0. The van der Waals surface area contributed by atoms with E-state index in [1.54, 1.807) is 109 Å². The molecule has 0 N–H and O–H groups in total. The molecule has 0 atom stereocenters. The molecule has 210 valence electrons. The second-order valence-corrected chi connectivity index (χ2v) is 18.7. The number of rotatable bonds is 6. The van der Waals surface area contributed by atoms with E-state index in [9.17, 15) is 26.3 Å². The second kappa shape index (κ2) is 10.8. The van der Waals surface area contributed by atoms with E-state index in [4.69, 9.17) is 0 Å². The Morgan fingerprint density at radius 2 is 0.780 bits per heavy atom. The zero-order chi connectivity index (χ0) is 29.3. The van der Waals surface area contributed by atoms with Gasteiger partial charge in [0.2, 0.25) is 0 Å². The summed E-state index contributed by atoms with van der Waals surface area (Å²) < 4.78 is 89.1. The van der Waals surface area contributed by atoms with Gasteiger partial charge in [0, 0.05) is 0 Å². The van der Waals surface area contributed by atoms with Gasteiger partial charge in [-0.15, -0.1) is 0 Å². The predicted octanol–water partition coefficient (Wildman–Crippen LogP) is 9.73. The average Bonchev–Trinajstić information content (AvgIpc) is 2.98. The molecule has 0 amide bonds. The summed E-state index contributed by atoms with van der Waals surface area (Å²) in [5.41, 5.74) is -3.29. The Kier molecular flexibility index (Phi) is 7.65. The van der Waals surface area contributed by atoms with Crippen LogP contribution in [0.5, 0.6) is 0 Å². The number of benzene rings is 5. The summed E-state index contributed by atoms with van der Waals surface area (Å²) in [5, 5.41) is -2.35. The van der Waals surface area contributed by atoms with Crippen LogP contribution in [0.3, 0.4) is 0 Å². The molecule has 0 aliphatic rings. The summed E-state index contributed by atoms with van der Waals surface area (Å²) >= 11 is 4.02. The Morgan fingerprint density at radius 3 is 1.10 bits per heavy atom. The van der Waals surface area contributed by atoms with Crippen LogP contribution in [0, 0.1) is 0 Å². The number of hydrogen-bond donors (Lipinski definition) is 0. The minimum atomic E-state index is -5.05. The van der Waals surface area contributed by atoms with E-state index in [1.165, 1.54) is 12.1 Å². The van der Waals surface area contributed by atoms with E-state index in [0.29, 0.717) is 15.9 Å². The molecule has 0 aliphatic carbocycles. The maximum absolute atomic E-state index is 14.9. The number of alkyl halides is 6. The van der Waals surface area contributed by atoms with Gasteiger partial charge in [-0.2, -0.15) is 0 Å². The molecule has 0 bridgehead atoms. The van der Waals surface area contributed by atoms with Gasteiger partial charge in [-0.05, 0) is 0 Å². The van der Waals surface area contributed by atoms with Gasteiger partial charge in [-0.1, -0.05) is 0 Å². The van der Waals surface area contributed by atoms with Crippen molar-refractivity contribution in [1.29, 1.82) is 0 Å². The van der Waals surface area contributed by atoms with E-state index < -0.39 is 40.5 Å². The molecule has 0 nitrogen and oxygen atoms in total. The molecule has 5 aromatic carbocycles. The molecule has 0 saturated carbocycles. The minimum absolute atomic E-state index is 0.150. The molecule has 0 fully saturated rings. The molecule has 41 heavy (non-hydrogen) atoms. The van der Waals surface area contributed by atoms with Crippen molar-refractivity contribution in [2.45, 2.75) is 18.5 Å². The van der Waals surface area contributed by atoms with Crippen LogP contribution >= 0.6 is 20.8 Å². The summed E-state index contributed by atoms with van der Waals surface area (Å²) in [4.78, 5) is 0. The topological polar surface area (TPSA) is 0 Å². The van der Waals surface area contributed by atoms with E-state index in [1.807, 2.05) is 0 Å². The molecule has 0 unspecified atom stereocenters. The molecule has 0 aromatic heterocycles. The van der Waals surface area contributed by atoms with Crippen molar-refractivity contribution in [3.05, 3.63) is 150 Å². The first-order chi connectivity index (χ1) is 19.4. The van der Waals surface area contributed by atoms with Crippen LogP contribution < -0.4 is 15.9 Å². The Bertz CT molecular complexity index is 1500. The fraction of sp³-hybridized carbons (Fsp3) is 0.0909. The maximum atomic E-state index is 14.9. The normalized spacial score (nSPS) is 13.4.